The van der Waals surface area contributed by atoms with Gasteiger partial charge in [0.2, 0.25) is 0 Å². The molecule has 142 valence electrons. The molecule has 1 heterocycles. The van der Waals surface area contributed by atoms with Gasteiger partial charge in [0, 0.05) is 16.9 Å². The molecule has 0 bridgehead atoms. The number of nitriles is 1. The highest BCUT2D eigenvalue weighted by atomic mass is 32.2. The van der Waals surface area contributed by atoms with Crippen LogP contribution in [0.3, 0.4) is 0 Å². The standard InChI is InChI=1S/C22H31NOS2/c1-20-7-6-19-17(18(20)5-3-16(20)13-23)4-2-15-12-22(25-10-11-26-22)9-8-21(15,19)14-24/h12,16-19,24H,2-11,14H2,1H3/t16-,17-,18-,19-,20+,21+/m0/s1. The summed E-state index contributed by atoms with van der Waals surface area (Å²) in [7, 11) is 0. The average molecular weight is 390 g/mol. The van der Waals surface area contributed by atoms with Crippen molar-refractivity contribution in [1.82, 2.24) is 0 Å². The Balaban J connectivity index is 1.49. The fourth-order valence-electron chi connectivity index (χ4n) is 7.69. The zero-order chi connectivity index (χ0) is 18.0. The van der Waals surface area contributed by atoms with Crippen molar-refractivity contribution in [1.29, 1.82) is 5.26 Å². The van der Waals surface area contributed by atoms with Crippen molar-refractivity contribution in [3.05, 3.63) is 11.6 Å². The molecule has 6 atom stereocenters. The Morgan fingerprint density at radius 2 is 1.92 bits per heavy atom. The predicted octanol–water partition coefficient (Wildman–Crippen LogP) is 5.24. The number of nitrogens with zero attached hydrogens (tertiary/aromatic N) is 1. The first kappa shape index (κ1) is 18.0. The fraction of sp³-hybridized carbons (Fsp3) is 0.864. The molecule has 1 saturated heterocycles. The summed E-state index contributed by atoms with van der Waals surface area (Å²) in [6, 6.07) is 2.65. The van der Waals surface area contributed by atoms with Crippen LogP contribution in [0.2, 0.25) is 0 Å². The van der Waals surface area contributed by atoms with Gasteiger partial charge in [0.15, 0.2) is 0 Å². The van der Waals surface area contributed by atoms with Crippen molar-refractivity contribution in [2.45, 2.75) is 62.4 Å². The summed E-state index contributed by atoms with van der Waals surface area (Å²) >= 11 is 4.29. The number of hydrogen-bond acceptors (Lipinski definition) is 4. The van der Waals surface area contributed by atoms with Gasteiger partial charge in [-0.15, -0.1) is 23.5 Å². The molecule has 4 aliphatic carbocycles. The molecular weight excluding hydrogens is 358 g/mol. The van der Waals surface area contributed by atoms with Gasteiger partial charge in [-0.1, -0.05) is 18.6 Å². The molecule has 0 aromatic rings. The molecule has 1 spiro atoms. The summed E-state index contributed by atoms with van der Waals surface area (Å²) in [5.74, 6) is 4.91. The number of fused-ring (bicyclic) bond motifs is 5. The maximum Gasteiger partial charge on any atom is 0.0795 e. The summed E-state index contributed by atoms with van der Waals surface area (Å²) in [6.07, 6.45) is 12.3. The molecular formula is C22H31NOS2. The summed E-state index contributed by atoms with van der Waals surface area (Å²) in [5, 5.41) is 20.3. The smallest absolute Gasteiger partial charge is 0.0795 e. The van der Waals surface area contributed by atoms with Crippen LogP contribution in [0, 0.1) is 45.8 Å². The van der Waals surface area contributed by atoms with Gasteiger partial charge < -0.3 is 5.11 Å². The van der Waals surface area contributed by atoms with Gasteiger partial charge in [0.1, 0.15) is 0 Å². The second-order valence-electron chi connectivity index (χ2n) is 9.71. The Labute approximate surface area is 166 Å². The molecule has 0 aromatic heterocycles. The third-order valence-corrected chi connectivity index (χ3v) is 12.5. The van der Waals surface area contributed by atoms with Crippen molar-refractivity contribution < 1.29 is 5.11 Å². The van der Waals surface area contributed by atoms with Gasteiger partial charge in [0.05, 0.1) is 22.7 Å². The van der Waals surface area contributed by atoms with Gasteiger partial charge >= 0.3 is 0 Å². The maximum absolute atomic E-state index is 10.6. The highest BCUT2D eigenvalue weighted by molar-refractivity contribution is 8.21. The lowest BCUT2D eigenvalue weighted by Gasteiger charge is -2.59. The predicted molar refractivity (Wildman–Crippen MR) is 110 cm³/mol. The Bertz CT molecular complexity index is 664. The third kappa shape index (κ3) is 2.29. The van der Waals surface area contributed by atoms with Gasteiger partial charge in [-0.2, -0.15) is 5.26 Å². The van der Waals surface area contributed by atoms with Crippen LogP contribution in [-0.2, 0) is 0 Å². The normalized spacial score (nSPS) is 49.0. The summed E-state index contributed by atoms with van der Waals surface area (Å²) in [5.41, 5.74) is 1.90. The van der Waals surface area contributed by atoms with E-state index in [0.717, 1.165) is 12.3 Å². The van der Waals surface area contributed by atoms with Crippen molar-refractivity contribution in [2.24, 2.45) is 34.5 Å². The lowest BCUT2D eigenvalue weighted by Crippen LogP contribution is -2.53. The SMILES string of the molecule is C[C@]12CC[C@H]3[C@@H](CCC4=CC5(CC[C@@]43CO)SCCS5)[C@@H]1CC[C@H]2C#N. The molecule has 5 rings (SSSR count). The number of rotatable bonds is 1. The molecule has 4 fully saturated rings. The minimum absolute atomic E-state index is 0.0595. The molecule has 26 heavy (non-hydrogen) atoms. The molecule has 1 N–H and O–H groups in total. The van der Waals surface area contributed by atoms with Crippen LogP contribution in [0.25, 0.3) is 0 Å². The third-order valence-electron chi connectivity index (χ3n) is 9.06. The number of thioether (sulfide) groups is 2. The monoisotopic (exact) mass is 389 g/mol. The minimum atomic E-state index is 0.0595. The first-order valence-corrected chi connectivity index (χ1v) is 12.5. The molecule has 2 nitrogen and oxygen atoms in total. The summed E-state index contributed by atoms with van der Waals surface area (Å²) < 4.78 is 0.323. The highest BCUT2D eigenvalue weighted by Crippen LogP contribution is 2.68. The van der Waals surface area contributed by atoms with E-state index in [9.17, 15) is 10.4 Å². The van der Waals surface area contributed by atoms with E-state index in [0.29, 0.717) is 22.5 Å². The molecule has 0 aromatic carbocycles. The van der Waals surface area contributed by atoms with Crippen LogP contribution < -0.4 is 0 Å². The highest BCUT2D eigenvalue weighted by Gasteiger charge is 2.61. The first-order chi connectivity index (χ1) is 12.6. The molecule has 0 unspecified atom stereocenters. The van der Waals surface area contributed by atoms with Crippen LogP contribution >= 0.6 is 23.5 Å². The topological polar surface area (TPSA) is 44.0 Å². The first-order valence-electron chi connectivity index (χ1n) is 10.6. The Morgan fingerprint density at radius 3 is 2.65 bits per heavy atom. The van der Waals surface area contributed by atoms with Crippen molar-refractivity contribution in [2.75, 3.05) is 18.1 Å². The van der Waals surface area contributed by atoms with Gasteiger partial charge in [-0.3, -0.25) is 0 Å². The van der Waals surface area contributed by atoms with Crippen LogP contribution in [0.4, 0.5) is 0 Å². The van der Waals surface area contributed by atoms with Crippen molar-refractivity contribution in [3.63, 3.8) is 0 Å². The zero-order valence-electron chi connectivity index (χ0n) is 15.9. The van der Waals surface area contributed by atoms with Gasteiger partial charge in [-0.25, -0.2) is 0 Å². The molecule has 0 radical (unpaired) electrons. The molecule has 5 aliphatic rings. The lowest BCUT2D eigenvalue weighted by atomic mass is 9.46. The van der Waals surface area contributed by atoms with Crippen LogP contribution in [-0.4, -0.2) is 27.3 Å². The lowest BCUT2D eigenvalue weighted by molar-refractivity contribution is -0.0698. The van der Waals surface area contributed by atoms with E-state index in [-0.39, 0.29) is 16.7 Å². The second kappa shape index (κ2) is 6.19. The van der Waals surface area contributed by atoms with E-state index in [1.807, 2.05) is 0 Å². The number of aliphatic hydroxyl groups excluding tert-OH is 1. The maximum atomic E-state index is 10.6. The number of hydrogen-bond donors (Lipinski definition) is 1. The van der Waals surface area contributed by atoms with E-state index in [2.05, 4.69) is 42.6 Å². The molecule has 0 amide bonds. The van der Waals surface area contributed by atoms with Gasteiger partial charge in [0.25, 0.3) is 0 Å². The van der Waals surface area contributed by atoms with E-state index in [1.54, 1.807) is 5.57 Å². The molecule has 3 saturated carbocycles. The van der Waals surface area contributed by atoms with Crippen molar-refractivity contribution >= 4 is 23.5 Å². The van der Waals surface area contributed by atoms with E-state index in [4.69, 9.17) is 0 Å². The van der Waals surface area contributed by atoms with E-state index < -0.39 is 0 Å². The summed E-state index contributed by atoms with van der Waals surface area (Å²) in [6.45, 7) is 2.75. The van der Waals surface area contributed by atoms with E-state index >= 15 is 0 Å². The van der Waals surface area contributed by atoms with E-state index in [1.165, 1.54) is 56.5 Å². The van der Waals surface area contributed by atoms with Crippen LogP contribution in [0.15, 0.2) is 11.6 Å². The minimum Gasteiger partial charge on any atom is -0.395 e. The van der Waals surface area contributed by atoms with Crippen LogP contribution in [0.5, 0.6) is 0 Å². The fourth-order valence-corrected chi connectivity index (χ4v) is 10.8. The largest absolute Gasteiger partial charge is 0.395 e. The summed E-state index contributed by atoms with van der Waals surface area (Å²) in [4.78, 5) is 0. The quantitative estimate of drug-likeness (QED) is 0.623. The second-order valence-corrected chi connectivity index (χ2v) is 12.8. The molecule has 4 heteroatoms. The van der Waals surface area contributed by atoms with Crippen molar-refractivity contribution in [3.8, 4) is 6.07 Å². The Kier molecular flexibility index (Phi) is 4.28. The molecule has 1 aliphatic heterocycles. The zero-order valence-corrected chi connectivity index (χ0v) is 17.5. The Hall–Kier alpha value is -0.110. The number of aliphatic hydroxyl groups is 1. The average Bonchev–Trinajstić information content (AvgIpc) is 3.25. The van der Waals surface area contributed by atoms with Gasteiger partial charge in [-0.05, 0) is 74.5 Å². The Morgan fingerprint density at radius 1 is 1.12 bits per heavy atom. The van der Waals surface area contributed by atoms with Crippen LogP contribution in [0.1, 0.15) is 58.3 Å².